The molecule has 2 aromatic carbocycles. The number of aliphatic hydroxyl groups excluding tert-OH is 1. The zero-order chi connectivity index (χ0) is 22.0. The van der Waals surface area contributed by atoms with Crippen molar-refractivity contribution >= 4 is 17.4 Å². The minimum atomic E-state index is -0.521. The monoisotopic (exact) mass is 427 g/mol. The fraction of sp³-hybridized carbons (Fsp3) is 0.304. The van der Waals surface area contributed by atoms with E-state index in [9.17, 15) is 18.4 Å². The first-order valence-corrected chi connectivity index (χ1v) is 10.2. The molecule has 2 aliphatic heterocycles. The molecule has 0 unspecified atom stereocenters. The Labute approximate surface area is 179 Å². The first-order valence-electron chi connectivity index (χ1n) is 10.2. The lowest BCUT2D eigenvalue weighted by molar-refractivity contribution is -0.138. The zero-order valence-corrected chi connectivity index (χ0v) is 16.9. The molecule has 2 aliphatic rings. The highest BCUT2D eigenvalue weighted by Crippen LogP contribution is 2.33. The number of nitrogens with zero attached hydrogens (tertiary/aromatic N) is 3. The summed E-state index contributed by atoms with van der Waals surface area (Å²) in [4.78, 5) is 31.6. The molecule has 1 N–H and O–H groups in total. The van der Waals surface area contributed by atoms with Crippen molar-refractivity contribution in [3.05, 3.63) is 77.0 Å². The number of halogens is 2. The van der Waals surface area contributed by atoms with Gasteiger partial charge >= 0.3 is 0 Å². The molecule has 4 rings (SSSR count). The third-order valence-electron chi connectivity index (χ3n) is 5.67. The molecule has 0 atom stereocenters. The summed E-state index contributed by atoms with van der Waals surface area (Å²) in [7, 11) is 0. The fourth-order valence-electron chi connectivity index (χ4n) is 4.01. The molecule has 2 amide bonds. The van der Waals surface area contributed by atoms with E-state index in [2.05, 4.69) is 4.90 Å². The predicted molar refractivity (Wildman–Crippen MR) is 110 cm³/mol. The van der Waals surface area contributed by atoms with Crippen molar-refractivity contribution in [3.8, 4) is 0 Å². The van der Waals surface area contributed by atoms with Gasteiger partial charge in [0.2, 0.25) is 0 Å². The Morgan fingerprint density at radius 3 is 2.19 bits per heavy atom. The van der Waals surface area contributed by atoms with Crippen LogP contribution in [0.4, 0.5) is 8.78 Å². The third kappa shape index (κ3) is 4.22. The molecule has 31 heavy (non-hydrogen) atoms. The van der Waals surface area contributed by atoms with Gasteiger partial charge in [-0.25, -0.2) is 8.78 Å². The van der Waals surface area contributed by atoms with Crippen molar-refractivity contribution < 1.29 is 23.5 Å². The molecule has 1 fully saturated rings. The number of carbonyl (C=O) groups excluding carboxylic acids is 2. The van der Waals surface area contributed by atoms with Crippen LogP contribution in [0.15, 0.2) is 54.2 Å². The van der Waals surface area contributed by atoms with Crippen molar-refractivity contribution in [1.82, 2.24) is 14.7 Å². The Hall–Kier alpha value is -3.10. The molecule has 162 valence electrons. The molecule has 2 heterocycles. The number of aliphatic hydroxyl groups is 1. The van der Waals surface area contributed by atoms with E-state index >= 15 is 0 Å². The fourth-order valence-corrected chi connectivity index (χ4v) is 4.01. The van der Waals surface area contributed by atoms with E-state index < -0.39 is 23.4 Å². The summed E-state index contributed by atoms with van der Waals surface area (Å²) in [6.45, 7) is 2.70. The second kappa shape index (κ2) is 8.95. The van der Waals surface area contributed by atoms with E-state index in [0.717, 1.165) is 4.90 Å². The van der Waals surface area contributed by atoms with E-state index in [1.807, 2.05) is 4.90 Å². The first kappa shape index (κ1) is 21.1. The number of carbonyl (C=O) groups is 2. The van der Waals surface area contributed by atoms with Gasteiger partial charge in [0, 0.05) is 38.3 Å². The molecule has 0 spiro atoms. The lowest BCUT2D eigenvalue weighted by Gasteiger charge is -2.36. The molecular weight excluding hydrogens is 404 g/mol. The van der Waals surface area contributed by atoms with Gasteiger partial charge in [-0.05, 0) is 23.8 Å². The van der Waals surface area contributed by atoms with Gasteiger partial charge in [-0.15, -0.1) is 0 Å². The van der Waals surface area contributed by atoms with Gasteiger partial charge in [0.15, 0.2) is 0 Å². The Bertz CT molecular complexity index is 1010. The number of hydrogen-bond acceptors (Lipinski definition) is 5. The van der Waals surface area contributed by atoms with Gasteiger partial charge in [0.25, 0.3) is 11.8 Å². The van der Waals surface area contributed by atoms with E-state index in [-0.39, 0.29) is 30.0 Å². The Balaban J connectivity index is 1.68. The SMILES string of the molecule is O=C1C(c2ccc(F)cc2)=C(N2CCN(CCO)CC2)C(=O)N1Cc1ccccc1F. The van der Waals surface area contributed by atoms with E-state index in [4.69, 9.17) is 5.11 Å². The summed E-state index contributed by atoms with van der Waals surface area (Å²) in [5, 5.41) is 9.15. The number of rotatable bonds is 6. The minimum Gasteiger partial charge on any atom is -0.395 e. The maximum Gasteiger partial charge on any atom is 0.278 e. The predicted octanol–water partition coefficient (Wildman–Crippen LogP) is 1.85. The average Bonchev–Trinajstić information content (AvgIpc) is 3.01. The molecule has 0 bridgehead atoms. The normalized spacial score (nSPS) is 17.8. The summed E-state index contributed by atoms with van der Waals surface area (Å²) >= 11 is 0. The molecule has 0 aromatic heterocycles. The quantitative estimate of drug-likeness (QED) is 0.713. The van der Waals surface area contributed by atoms with Crippen molar-refractivity contribution in [2.45, 2.75) is 6.54 Å². The number of benzene rings is 2. The van der Waals surface area contributed by atoms with Gasteiger partial charge in [-0.2, -0.15) is 0 Å². The Kier molecular flexibility index (Phi) is 6.11. The van der Waals surface area contributed by atoms with Crippen LogP contribution in [-0.4, -0.2) is 71.0 Å². The summed E-state index contributed by atoms with van der Waals surface area (Å²) in [5.41, 5.74) is 1.16. The van der Waals surface area contributed by atoms with Crippen LogP contribution >= 0.6 is 0 Å². The summed E-state index contributed by atoms with van der Waals surface area (Å²) in [6, 6.07) is 11.5. The molecule has 1 saturated heterocycles. The molecule has 6 nitrogen and oxygen atoms in total. The molecule has 0 aliphatic carbocycles. The number of piperazine rings is 1. The van der Waals surface area contributed by atoms with Crippen molar-refractivity contribution in [2.75, 3.05) is 39.3 Å². The minimum absolute atomic E-state index is 0.0529. The number of hydrogen-bond donors (Lipinski definition) is 1. The lowest BCUT2D eigenvalue weighted by Crippen LogP contribution is -2.48. The van der Waals surface area contributed by atoms with Crippen molar-refractivity contribution in [2.24, 2.45) is 0 Å². The van der Waals surface area contributed by atoms with Crippen molar-refractivity contribution in [1.29, 1.82) is 0 Å². The topological polar surface area (TPSA) is 64.1 Å². The van der Waals surface area contributed by atoms with Crippen LogP contribution < -0.4 is 0 Å². The molecule has 8 heteroatoms. The van der Waals surface area contributed by atoms with Crippen LogP contribution in [0, 0.1) is 11.6 Å². The highest BCUT2D eigenvalue weighted by molar-refractivity contribution is 6.35. The summed E-state index contributed by atoms with van der Waals surface area (Å²) < 4.78 is 27.7. The maximum atomic E-state index is 14.2. The van der Waals surface area contributed by atoms with Crippen LogP contribution in [0.5, 0.6) is 0 Å². The third-order valence-corrected chi connectivity index (χ3v) is 5.67. The van der Waals surface area contributed by atoms with Crippen LogP contribution in [0.2, 0.25) is 0 Å². The van der Waals surface area contributed by atoms with Gasteiger partial charge in [-0.3, -0.25) is 19.4 Å². The first-order chi connectivity index (χ1) is 15.0. The summed E-state index contributed by atoms with van der Waals surface area (Å²) in [5.74, 6) is -1.93. The molecule has 2 aromatic rings. The number of imide groups is 1. The second-order valence-corrected chi connectivity index (χ2v) is 7.57. The van der Waals surface area contributed by atoms with Gasteiger partial charge < -0.3 is 10.0 Å². The van der Waals surface area contributed by atoms with Crippen LogP contribution in [0.25, 0.3) is 5.57 Å². The van der Waals surface area contributed by atoms with E-state index in [1.165, 1.54) is 30.3 Å². The van der Waals surface area contributed by atoms with Gasteiger partial charge in [0.1, 0.15) is 17.3 Å². The maximum absolute atomic E-state index is 14.2. The smallest absolute Gasteiger partial charge is 0.278 e. The highest BCUT2D eigenvalue weighted by atomic mass is 19.1. The second-order valence-electron chi connectivity index (χ2n) is 7.57. The average molecular weight is 427 g/mol. The summed E-state index contributed by atoms with van der Waals surface area (Å²) in [6.07, 6.45) is 0. The molecular formula is C23H23F2N3O3. The number of β-amino-alcohol motifs (C(OH)–C–C–N with tert-alkyl or cyclic N) is 1. The molecule has 0 saturated carbocycles. The van der Waals surface area contributed by atoms with Gasteiger partial charge in [-0.1, -0.05) is 30.3 Å². The Morgan fingerprint density at radius 1 is 0.871 bits per heavy atom. The van der Waals surface area contributed by atoms with Crippen molar-refractivity contribution in [3.63, 3.8) is 0 Å². The molecule has 0 radical (unpaired) electrons. The standard InChI is InChI=1S/C23H23F2N3O3/c24-18-7-5-16(6-8-18)20-21(27-11-9-26(10-12-27)13-14-29)23(31)28(22(20)30)15-17-3-1-2-4-19(17)25/h1-8,29H,9-15H2. The lowest BCUT2D eigenvalue weighted by atomic mass is 10.0. The number of amides is 2. The Morgan fingerprint density at radius 2 is 1.55 bits per heavy atom. The highest BCUT2D eigenvalue weighted by Gasteiger charge is 2.42. The zero-order valence-electron chi connectivity index (χ0n) is 16.9. The van der Waals surface area contributed by atoms with E-state index in [0.29, 0.717) is 38.3 Å². The van der Waals surface area contributed by atoms with E-state index in [1.54, 1.807) is 18.2 Å². The van der Waals surface area contributed by atoms with Crippen LogP contribution in [0.1, 0.15) is 11.1 Å². The van der Waals surface area contributed by atoms with Crippen LogP contribution in [0.3, 0.4) is 0 Å². The van der Waals surface area contributed by atoms with Gasteiger partial charge in [0.05, 0.1) is 18.7 Å². The largest absolute Gasteiger partial charge is 0.395 e. The van der Waals surface area contributed by atoms with Crippen LogP contribution in [-0.2, 0) is 16.1 Å².